The maximum atomic E-state index is 13.2. The molecule has 3 aromatic rings. The Labute approximate surface area is 157 Å². The molecule has 2 atom stereocenters. The molecule has 2 aliphatic rings. The number of carbonyl (C=O) groups excluding carboxylic acids is 1. The Morgan fingerprint density at radius 3 is 2.52 bits per heavy atom. The van der Waals surface area contributed by atoms with E-state index in [9.17, 15) is 4.79 Å². The number of ether oxygens (including phenoxy) is 1. The maximum absolute atomic E-state index is 13.2. The summed E-state index contributed by atoms with van der Waals surface area (Å²) in [7, 11) is 0. The van der Waals surface area contributed by atoms with E-state index in [0.29, 0.717) is 24.2 Å². The van der Waals surface area contributed by atoms with Crippen molar-refractivity contribution < 1.29 is 13.9 Å². The number of carbonyl (C=O) groups is 1. The number of amides is 1. The number of hydrogen-bond donors (Lipinski definition) is 1. The molecule has 1 N–H and O–H groups in total. The summed E-state index contributed by atoms with van der Waals surface area (Å²) >= 11 is 0. The summed E-state index contributed by atoms with van der Waals surface area (Å²) in [5.41, 5.74) is 1.56. The summed E-state index contributed by atoms with van der Waals surface area (Å²) in [4.78, 5) is 15.2. The number of nitrogens with zero attached hydrogens (tertiary/aromatic N) is 1. The van der Waals surface area contributed by atoms with Crippen molar-refractivity contribution in [2.45, 2.75) is 6.61 Å². The number of hydrogen-bond acceptors (Lipinski definition) is 4. The third-order valence-corrected chi connectivity index (χ3v) is 5.70. The van der Waals surface area contributed by atoms with Crippen LogP contribution in [0.4, 0.5) is 0 Å². The maximum Gasteiger partial charge on any atom is 0.290 e. The second-order valence-electron chi connectivity index (χ2n) is 7.40. The monoisotopic (exact) mass is 362 g/mol. The smallest absolute Gasteiger partial charge is 0.290 e. The fraction of sp³-hybridized carbons (Fsp3) is 0.318. The van der Waals surface area contributed by atoms with Crippen LogP contribution in [0.15, 0.2) is 59.0 Å². The molecular formula is C22H22N2O3. The third kappa shape index (κ3) is 2.98. The predicted molar refractivity (Wildman–Crippen MR) is 103 cm³/mol. The standard InChI is InChI=1S/C22H22N2O3/c25-22(24-12-15-10-23-11-16(15)13-24)21-19(14-26-17-6-2-1-3-7-17)18-8-4-5-9-20(18)27-21/h1-9,15-16,23H,10-14H2/t15-,16+. The van der Waals surface area contributed by atoms with Gasteiger partial charge in [-0.15, -0.1) is 0 Å². The van der Waals surface area contributed by atoms with E-state index in [1.807, 2.05) is 59.5 Å². The summed E-state index contributed by atoms with van der Waals surface area (Å²) in [6.07, 6.45) is 0. The minimum Gasteiger partial charge on any atom is -0.489 e. The van der Waals surface area contributed by atoms with E-state index < -0.39 is 0 Å². The quantitative estimate of drug-likeness (QED) is 0.774. The fourth-order valence-electron chi connectivity index (χ4n) is 4.25. The molecule has 27 heavy (non-hydrogen) atoms. The van der Waals surface area contributed by atoms with Gasteiger partial charge in [-0.2, -0.15) is 0 Å². The zero-order valence-electron chi connectivity index (χ0n) is 15.1. The Kier molecular flexibility index (Phi) is 4.09. The van der Waals surface area contributed by atoms with E-state index >= 15 is 0 Å². The van der Waals surface area contributed by atoms with E-state index in [1.165, 1.54) is 0 Å². The molecular weight excluding hydrogens is 340 g/mol. The van der Waals surface area contributed by atoms with Crippen molar-refractivity contribution in [3.63, 3.8) is 0 Å². The topological polar surface area (TPSA) is 54.7 Å². The second-order valence-corrected chi connectivity index (χ2v) is 7.40. The van der Waals surface area contributed by atoms with Crippen molar-refractivity contribution in [3.8, 4) is 5.75 Å². The van der Waals surface area contributed by atoms with Gasteiger partial charge in [0.1, 0.15) is 17.9 Å². The van der Waals surface area contributed by atoms with Gasteiger partial charge < -0.3 is 19.4 Å². The Balaban J connectivity index is 1.45. The van der Waals surface area contributed by atoms with Gasteiger partial charge in [-0.1, -0.05) is 36.4 Å². The van der Waals surface area contributed by atoms with Crippen LogP contribution < -0.4 is 10.1 Å². The number of likely N-dealkylation sites (tertiary alicyclic amines) is 1. The summed E-state index contributed by atoms with van der Waals surface area (Å²) < 4.78 is 11.9. The van der Waals surface area contributed by atoms with E-state index in [0.717, 1.165) is 48.5 Å². The van der Waals surface area contributed by atoms with Gasteiger partial charge in [0.25, 0.3) is 5.91 Å². The first-order valence-corrected chi connectivity index (χ1v) is 9.48. The van der Waals surface area contributed by atoms with Gasteiger partial charge in [-0.05, 0) is 30.0 Å². The lowest BCUT2D eigenvalue weighted by Gasteiger charge is -2.17. The average Bonchev–Trinajstić information content (AvgIpc) is 3.39. The second kappa shape index (κ2) is 6.74. The molecule has 0 saturated carbocycles. The highest BCUT2D eigenvalue weighted by Crippen LogP contribution is 2.32. The van der Waals surface area contributed by atoms with Crippen LogP contribution in [-0.2, 0) is 6.61 Å². The molecule has 1 amide bonds. The predicted octanol–water partition coefficient (Wildman–Crippen LogP) is 3.30. The first-order valence-electron chi connectivity index (χ1n) is 9.48. The zero-order valence-corrected chi connectivity index (χ0v) is 15.1. The first kappa shape index (κ1) is 16.4. The highest BCUT2D eigenvalue weighted by atomic mass is 16.5. The molecule has 0 spiro atoms. The normalized spacial score (nSPS) is 21.6. The van der Waals surface area contributed by atoms with Crippen LogP contribution in [0.1, 0.15) is 16.1 Å². The van der Waals surface area contributed by atoms with Crippen LogP contribution in [-0.4, -0.2) is 37.0 Å². The van der Waals surface area contributed by atoms with Crippen molar-refractivity contribution in [1.29, 1.82) is 0 Å². The van der Waals surface area contributed by atoms with Crippen LogP contribution >= 0.6 is 0 Å². The third-order valence-electron chi connectivity index (χ3n) is 5.70. The summed E-state index contributed by atoms with van der Waals surface area (Å²) in [5, 5.41) is 4.36. The van der Waals surface area contributed by atoms with Crippen LogP contribution in [0.2, 0.25) is 0 Å². The van der Waals surface area contributed by atoms with Gasteiger partial charge in [-0.25, -0.2) is 0 Å². The van der Waals surface area contributed by atoms with Crippen molar-refractivity contribution in [2.24, 2.45) is 11.8 Å². The average molecular weight is 362 g/mol. The number of rotatable bonds is 4. The Hall–Kier alpha value is -2.79. The van der Waals surface area contributed by atoms with Crippen molar-refractivity contribution in [3.05, 3.63) is 65.9 Å². The minimum atomic E-state index is -0.0211. The van der Waals surface area contributed by atoms with Gasteiger partial charge in [0, 0.05) is 37.1 Å². The summed E-state index contributed by atoms with van der Waals surface area (Å²) in [6, 6.07) is 17.4. The Bertz CT molecular complexity index is 954. The zero-order chi connectivity index (χ0) is 18.2. The molecule has 2 saturated heterocycles. The molecule has 0 radical (unpaired) electrons. The lowest BCUT2D eigenvalue weighted by molar-refractivity contribution is 0.0748. The van der Waals surface area contributed by atoms with Gasteiger partial charge in [-0.3, -0.25) is 4.79 Å². The Morgan fingerprint density at radius 2 is 1.74 bits per heavy atom. The van der Waals surface area contributed by atoms with Crippen molar-refractivity contribution >= 4 is 16.9 Å². The fourth-order valence-corrected chi connectivity index (χ4v) is 4.25. The molecule has 2 fully saturated rings. The number of furan rings is 1. The summed E-state index contributed by atoms with van der Waals surface area (Å²) in [6.45, 7) is 3.90. The molecule has 2 aromatic carbocycles. The molecule has 5 nitrogen and oxygen atoms in total. The van der Waals surface area contributed by atoms with Crippen LogP contribution in [0.5, 0.6) is 5.75 Å². The van der Waals surface area contributed by atoms with Crippen LogP contribution in [0.25, 0.3) is 11.0 Å². The number of para-hydroxylation sites is 2. The summed E-state index contributed by atoms with van der Waals surface area (Å²) in [5.74, 6) is 2.29. The number of nitrogens with one attached hydrogen (secondary N) is 1. The van der Waals surface area contributed by atoms with Gasteiger partial charge >= 0.3 is 0 Å². The van der Waals surface area contributed by atoms with E-state index in [-0.39, 0.29) is 5.91 Å². The highest BCUT2D eigenvalue weighted by molar-refractivity contribution is 5.99. The highest BCUT2D eigenvalue weighted by Gasteiger charge is 2.39. The van der Waals surface area contributed by atoms with Gasteiger partial charge in [0.05, 0.1) is 0 Å². The van der Waals surface area contributed by atoms with E-state index in [1.54, 1.807) is 0 Å². The van der Waals surface area contributed by atoms with E-state index in [4.69, 9.17) is 9.15 Å². The lowest BCUT2D eigenvalue weighted by Crippen LogP contribution is -2.32. The molecule has 3 heterocycles. The molecule has 0 unspecified atom stereocenters. The molecule has 5 heteroatoms. The van der Waals surface area contributed by atoms with Crippen molar-refractivity contribution in [1.82, 2.24) is 10.2 Å². The SMILES string of the molecule is O=C(c1oc2ccccc2c1COc1ccccc1)N1C[C@H]2CNC[C@H]2C1. The first-order chi connectivity index (χ1) is 13.3. The van der Waals surface area contributed by atoms with Crippen LogP contribution in [0.3, 0.4) is 0 Å². The van der Waals surface area contributed by atoms with Crippen molar-refractivity contribution in [2.75, 3.05) is 26.2 Å². The Morgan fingerprint density at radius 1 is 1.04 bits per heavy atom. The molecule has 1 aromatic heterocycles. The molecule has 2 aliphatic heterocycles. The molecule has 0 bridgehead atoms. The number of fused-ring (bicyclic) bond motifs is 2. The van der Waals surface area contributed by atoms with Crippen LogP contribution in [0, 0.1) is 11.8 Å². The van der Waals surface area contributed by atoms with Gasteiger partial charge in [0.15, 0.2) is 5.76 Å². The number of benzene rings is 2. The lowest BCUT2D eigenvalue weighted by atomic mass is 10.0. The van der Waals surface area contributed by atoms with E-state index in [2.05, 4.69) is 5.32 Å². The largest absolute Gasteiger partial charge is 0.489 e. The van der Waals surface area contributed by atoms with Gasteiger partial charge in [0.2, 0.25) is 0 Å². The minimum absolute atomic E-state index is 0.0211. The molecule has 5 rings (SSSR count). The molecule has 0 aliphatic carbocycles. The molecule has 138 valence electrons.